The zero-order chi connectivity index (χ0) is 18.9. The number of ether oxygens (including phenoxy) is 1. The van der Waals surface area contributed by atoms with Crippen LogP contribution in [0.25, 0.3) is 0 Å². The Balaban J connectivity index is 1.22. The molecule has 3 aliphatic rings. The molecule has 0 radical (unpaired) electrons. The smallest absolute Gasteiger partial charge is 0.151 e. The number of sulfone groups is 1. The molecular weight excluding hydrogens is 384 g/mol. The molecule has 3 fully saturated rings. The molecular formula is C20H29ClN2O3S. The van der Waals surface area contributed by atoms with Crippen molar-refractivity contribution in [3.8, 4) is 5.75 Å². The number of nitrogens with zero attached hydrogens (tertiary/aromatic N) is 2. The predicted molar refractivity (Wildman–Crippen MR) is 107 cm³/mol. The lowest BCUT2D eigenvalue weighted by Crippen LogP contribution is -2.54. The lowest BCUT2D eigenvalue weighted by molar-refractivity contribution is 0.110. The number of aromatic nitrogens is 1. The molecule has 27 heavy (non-hydrogen) atoms. The minimum Gasteiger partial charge on any atom is -0.491 e. The maximum absolute atomic E-state index is 11.5. The maximum atomic E-state index is 11.5. The molecule has 1 aliphatic carbocycles. The Kier molecular flexibility index (Phi) is 5.68. The molecule has 0 bridgehead atoms. The molecule has 0 aromatic carbocycles. The van der Waals surface area contributed by atoms with Gasteiger partial charge in [0.15, 0.2) is 9.84 Å². The fraction of sp³-hybridized carbons (Fsp3) is 0.750. The fourth-order valence-corrected chi connectivity index (χ4v) is 7.58. The molecule has 1 aromatic rings. The molecule has 1 saturated carbocycles. The van der Waals surface area contributed by atoms with Crippen LogP contribution in [0.1, 0.15) is 56.6 Å². The molecule has 1 spiro atoms. The third-order valence-corrected chi connectivity index (χ3v) is 8.89. The quantitative estimate of drug-likeness (QED) is 0.738. The number of hydrogen-bond acceptors (Lipinski definition) is 5. The number of rotatable bonds is 5. The highest BCUT2D eigenvalue weighted by molar-refractivity contribution is 7.92. The molecule has 3 heterocycles. The lowest BCUT2D eigenvalue weighted by Gasteiger charge is -2.47. The standard InChI is InChI=1S/C20H29ClN2O3S/c21-18-12-17(13-22-19(18)16-4-2-1-3-5-16)26-11-10-23-8-6-20(7-9-23)14-27(24,25)15-20/h12-13,16H,1-11,14-15H2. The van der Waals surface area contributed by atoms with Gasteiger partial charge in [0.05, 0.1) is 28.4 Å². The van der Waals surface area contributed by atoms with Crippen molar-refractivity contribution in [3.05, 3.63) is 23.0 Å². The molecule has 150 valence electrons. The van der Waals surface area contributed by atoms with Gasteiger partial charge >= 0.3 is 0 Å². The zero-order valence-corrected chi connectivity index (χ0v) is 17.4. The summed E-state index contributed by atoms with van der Waals surface area (Å²) >= 11 is 6.47. The second-order valence-corrected chi connectivity index (χ2v) is 11.1. The third kappa shape index (κ3) is 4.60. The minimum atomic E-state index is -2.74. The fourth-order valence-electron chi connectivity index (χ4n) is 4.91. The van der Waals surface area contributed by atoms with E-state index < -0.39 is 9.84 Å². The molecule has 5 nitrogen and oxygen atoms in total. The molecule has 2 aliphatic heterocycles. The van der Waals surface area contributed by atoms with Crippen LogP contribution in [-0.2, 0) is 9.84 Å². The van der Waals surface area contributed by atoms with Crippen LogP contribution in [0, 0.1) is 5.41 Å². The van der Waals surface area contributed by atoms with Gasteiger partial charge in [-0.25, -0.2) is 8.42 Å². The highest BCUT2D eigenvalue weighted by Crippen LogP contribution is 2.42. The van der Waals surface area contributed by atoms with Crippen molar-refractivity contribution in [1.29, 1.82) is 0 Å². The number of piperidine rings is 1. The van der Waals surface area contributed by atoms with Crippen molar-refractivity contribution in [2.45, 2.75) is 50.9 Å². The van der Waals surface area contributed by atoms with Crippen LogP contribution in [0.2, 0.25) is 5.02 Å². The van der Waals surface area contributed by atoms with Crippen molar-refractivity contribution in [3.63, 3.8) is 0 Å². The van der Waals surface area contributed by atoms with Gasteiger partial charge in [0.25, 0.3) is 0 Å². The Bertz CT molecular complexity index is 755. The van der Waals surface area contributed by atoms with Gasteiger partial charge in [-0.3, -0.25) is 9.88 Å². The van der Waals surface area contributed by atoms with Gasteiger partial charge in [-0.1, -0.05) is 30.9 Å². The van der Waals surface area contributed by atoms with Crippen molar-refractivity contribution in [2.75, 3.05) is 37.7 Å². The highest BCUT2D eigenvalue weighted by Gasteiger charge is 2.49. The van der Waals surface area contributed by atoms with E-state index >= 15 is 0 Å². The first-order valence-corrected chi connectivity index (χ1v) is 12.4. The second kappa shape index (κ2) is 7.88. The van der Waals surface area contributed by atoms with Crippen molar-refractivity contribution < 1.29 is 13.2 Å². The summed E-state index contributed by atoms with van der Waals surface area (Å²) < 4.78 is 28.8. The van der Waals surface area contributed by atoms with E-state index in [0.29, 0.717) is 24.0 Å². The van der Waals surface area contributed by atoms with E-state index in [4.69, 9.17) is 16.3 Å². The number of halogens is 1. The SMILES string of the molecule is O=S1(=O)CC2(CCN(CCOc3cnc(C4CCCCC4)c(Cl)c3)CC2)C1. The van der Waals surface area contributed by atoms with E-state index in [-0.39, 0.29) is 5.41 Å². The van der Waals surface area contributed by atoms with Crippen LogP contribution in [0.4, 0.5) is 0 Å². The third-order valence-electron chi connectivity index (χ3n) is 6.48. The lowest BCUT2D eigenvalue weighted by atomic mass is 9.81. The average molecular weight is 413 g/mol. The van der Waals surface area contributed by atoms with Crippen LogP contribution < -0.4 is 4.74 Å². The Hall–Kier alpha value is -0.850. The van der Waals surface area contributed by atoms with Gasteiger partial charge in [0.1, 0.15) is 12.4 Å². The van der Waals surface area contributed by atoms with E-state index in [2.05, 4.69) is 9.88 Å². The number of hydrogen-bond donors (Lipinski definition) is 0. The summed E-state index contributed by atoms with van der Waals surface area (Å²) in [5.74, 6) is 2.01. The summed E-state index contributed by atoms with van der Waals surface area (Å²) in [6, 6.07) is 1.91. The van der Waals surface area contributed by atoms with E-state index in [9.17, 15) is 8.42 Å². The Morgan fingerprint density at radius 2 is 1.89 bits per heavy atom. The zero-order valence-electron chi connectivity index (χ0n) is 15.8. The Morgan fingerprint density at radius 3 is 2.52 bits per heavy atom. The van der Waals surface area contributed by atoms with Gasteiger partial charge in [-0.2, -0.15) is 0 Å². The van der Waals surface area contributed by atoms with Gasteiger partial charge < -0.3 is 4.74 Å². The molecule has 0 N–H and O–H groups in total. The first-order valence-electron chi connectivity index (χ1n) is 10.2. The number of pyridine rings is 1. The molecule has 4 rings (SSSR count). The minimum absolute atomic E-state index is 0.0720. The molecule has 1 aromatic heterocycles. The Morgan fingerprint density at radius 1 is 1.19 bits per heavy atom. The molecule has 7 heteroatoms. The summed E-state index contributed by atoms with van der Waals surface area (Å²) in [6.07, 6.45) is 10.00. The van der Waals surface area contributed by atoms with Gasteiger partial charge in [0.2, 0.25) is 0 Å². The summed E-state index contributed by atoms with van der Waals surface area (Å²) in [6.45, 7) is 3.37. The first kappa shape index (κ1) is 19.5. The van der Waals surface area contributed by atoms with Crippen LogP contribution in [0.5, 0.6) is 5.75 Å². The van der Waals surface area contributed by atoms with Crippen molar-refractivity contribution in [2.24, 2.45) is 5.41 Å². The predicted octanol–water partition coefficient (Wildman–Crippen LogP) is 3.67. The maximum Gasteiger partial charge on any atom is 0.151 e. The molecule has 0 amide bonds. The average Bonchev–Trinajstić information content (AvgIpc) is 2.63. The summed E-state index contributed by atoms with van der Waals surface area (Å²) in [5, 5.41) is 0.727. The second-order valence-electron chi connectivity index (χ2n) is 8.60. The molecule has 0 unspecified atom stereocenters. The van der Waals surface area contributed by atoms with Crippen LogP contribution in [-0.4, -0.2) is 56.0 Å². The van der Waals surface area contributed by atoms with Crippen LogP contribution >= 0.6 is 11.6 Å². The monoisotopic (exact) mass is 412 g/mol. The molecule has 0 atom stereocenters. The van der Waals surface area contributed by atoms with Crippen molar-refractivity contribution in [1.82, 2.24) is 9.88 Å². The summed E-state index contributed by atoms with van der Waals surface area (Å²) in [5.41, 5.74) is 1.10. The van der Waals surface area contributed by atoms with Gasteiger partial charge in [-0.15, -0.1) is 0 Å². The van der Waals surface area contributed by atoms with E-state index in [0.717, 1.165) is 48.9 Å². The summed E-state index contributed by atoms with van der Waals surface area (Å²) in [4.78, 5) is 6.95. The topological polar surface area (TPSA) is 59.5 Å². The van der Waals surface area contributed by atoms with Crippen molar-refractivity contribution >= 4 is 21.4 Å². The van der Waals surface area contributed by atoms with Gasteiger partial charge in [0, 0.05) is 23.9 Å². The van der Waals surface area contributed by atoms with E-state index in [1.807, 2.05) is 6.07 Å². The Labute approximate surface area is 167 Å². The summed E-state index contributed by atoms with van der Waals surface area (Å²) in [7, 11) is -2.74. The van der Waals surface area contributed by atoms with Crippen LogP contribution in [0.15, 0.2) is 12.3 Å². The van der Waals surface area contributed by atoms with Crippen LogP contribution in [0.3, 0.4) is 0 Å². The van der Waals surface area contributed by atoms with Gasteiger partial charge in [-0.05, 0) is 38.8 Å². The first-order chi connectivity index (χ1) is 12.9. The normalized spacial score (nSPS) is 25.2. The highest BCUT2D eigenvalue weighted by atomic mass is 35.5. The molecule has 2 saturated heterocycles. The van der Waals surface area contributed by atoms with E-state index in [1.165, 1.54) is 32.1 Å². The largest absolute Gasteiger partial charge is 0.491 e. The van der Waals surface area contributed by atoms with E-state index in [1.54, 1.807) is 6.20 Å². The number of likely N-dealkylation sites (tertiary alicyclic amines) is 1.